The van der Waals surface area contributed by atoms with E-state index in [1.807, 2.05) is 13.8 Å². The minimum absolute atomic E-state index is 0.112. The summed E-state index contributed by atoms with van der Waals surface area (Å²) in [7, 11) is 3.57. The number of aryl methyl sites for hydroxylation is 2. The predicted octanol–water partition coefficient (Wildman–Crippen LogP) is 1.88. The molecule has 5 nitrogen and oxygen atoms in total. The summed E-state index contributed by atoms with van der Waals surface area (Å²) in [5.41, 5.74) is 1.92. The molecule has 19 heavy (non-hydrogen) atoms. The molecule has 1 heterocycles. The van der Waals surface area contributed by atoms with Crippen LogP contribution in [0, 0.1) is 19.8 Å². The first-order valence-corrected chi connectivity index (χ1v) is 6.69. The molecule has 0 bridgehead atoms. The zero-order chi connectivity index (χ0) is 14.6. The Kier molecular flexibility index (Phi) is 5.54. The highest BCUT2D eigenvalue weighted by atomic mass is 16.5. The second kappa shape index (κ2) is 6.70. The molecule has 0 spiro atoms. The van der Waals surface area contributed by atoms with Gasteiger partial charge in [-0.1, -0.05) is 19.0 Å². The smallest absolute Gasteiger partial charge is 0.239 e. The maximum absolute atomic E-state index is 12.1. The summed E-state index contributed by atoms with van der Waals surface area (Å²) in [6.07, 6.45) is 0.820. The van der Waals surface area contributed by atoms with Gasteiger partial charge in [0.05, 0.1) is 11.7 Å². The lowest BCUT2D eigenvalue weighted by Crippen LogP contribution is -2.44. The topological polar surface area (TPSA) is 58.4 Å². The van der Waals surface area contributed by atoms with Crippen molar-refractivity contribution in [1.29, 1.82) is 0 Å². The fraction of sp³-hybridized carbons (Fsp3) is 0.714. The lowest BCUT2D eigenvalue weighted by atomic mass is 10.0. The first kappa shape index (κ1) is 15.7. The van der Waals surface area contributed by atoms with Gasteiger partial charge in [-0.15, -0.1) is 0 Å². The van der Waals surface area contributed by atoms with Gasteiger partial charge in [-0.05, 0) is 26.2 Å². The molecule has 0 fully saturated rings. The van der Waals surface area contributed by atoms with Gasteiger partial charge in [-0.3, -0.25) is 4.79 Å². The lowest BCUT2D eigenvalue weighted by molar-refractivity contribution is -0.131. The highest BCUT2D eigenvalue weighted by Gasteiger charge is 2.21. The molecule has 1 amide bonds. The van der Waals surface area contributed by atoms with E-state index in [4.69, 9.17) is 4.52 Å². The van der Waals surface area contributed by atoms with Gasteiger partial charge in [0.1, 0.15) is 5.76 Å². The van der Waals surface area contributed by atoms with Crippen LogP contribution in [0.3, 0.4) is 0 Å². The Balaban J connectivity index is 2.70. The van der Waals surface area contributed by atoms with Crippen molar-refractivity contribution in [1.82, 2.24) is 15.4 Å². The summed E-state index contributed by atoms with van der Waals surface area (Å²) < 4.78 is 5.13. The Bertz CT molecular complexity index is 405. The van der Waals surface area contributed by atoms with Crippen LogP contribution in [-0.2, 0) is 11.3 Å². The Labute approximate surface area is 115 Å². The minimum Gasteiger partial charge on any atom is -0.361 e. The average molecular weight is 267 g/mol. The summed E-state index contributed by atoms with van der Waals surface area (Å²) in [5.74, 6) is 1.39. The summed E-state index contributed by atoms with van der Waals surface area (Å²) in [6, 6.07) is -0.163. The Morgan fingerprint density at radius 2 is 2.00 bits per heavy atom. The van der Waals surface area contributed by atoms with E-state index in [0.717, 1.165) is 23.4 Å². The molecule has 1 aromatic rings. The van der Waals surface area contributed by atoms with E-state index in [2.05, 4.69) is 24.3 Å². The number of carbonyl (C=O) groups is 1. The highest BCUT2D eigenvalue weighted by molar-refractivity contribution is 5.81. The number of hydrogen-bond acceptors (Lipinski definition) is 4. The largest absolute Gasteiger partial charge is 0.361 e. The van der Waals surface area contributed by atoms with Crippen LogP contribution < -0.4 is 5.32 Å². The molecule has 0 radical (unpaired) electrons. The second-order valence-electron chi connectivity index (χ2n) is 5.60. The first-order valence-electron chi connectivity index (χ1n) is 6.69. The van der Waals surface area contributed by atoms with Crippen LogP contribution in [0.15, 0.2) is 4.52 Å². The fourth-order valence-electron chi connectivity index (χ4n) is 2.03. The number of likely N-dealkylation sites (N-methyl/N-ethyl adjacent to an activating group) is 1. The van der Waals surface area contributed by atoms with E-state index in [-0.39, 0.29) is 11.9 Å². The zero-order valence-electron chi connectivity index (χ0n) is 12.8. The number of carbonyl (C=O) groups excluding carboxylic acids is 1. The maximum Gasteiger partial charge on any atom is 0.239 e. The monoisotopic (exact) mass is 267 g/mol. The van der Waals surface area contributed by atoms with E-state index in [1.165, 1.54) is 0 Å². The van der Waals surface area contributed by atoms with Crippen LogP contribution in [-0.4, -0.2) is 36.1 Å². The zero-order valence-corrected chi connectivity index (χ0v) is 12.8. The third-order valence-corrected chi connectivity index (χ3v) is 3.15. The second-order valence-corrected chi connectivity index (χ2v) is 5.60. The molecule has 0 aliphatic rings. The van der Waals surface area contributed by atoms with Crippen molar-refractivity contribution in [3.8, 4) is 0 Å². The van der Waals surface area contributed by atoms with Gasteiger partial charge in [-0.2, -0.15) is 0 Å². The molecule has 1 N–H and O–H groups in total. The molecule has 0 aromatic carbocycles. The van der Waals surface area contributed by atoms with Crippen LogP contribution in [0.25, 0.3) is 0 Å². The summed E-state index contributed by atoms with van der Waals surface area (Å²) in [5, 5.41) is 7.25. The summed E-state index contributed by atoms with van der Waals surface area (Å²) in [4.78, 5) is 13.8. The van der Waals surface area contributed by atoms with E-state index >= 15 is 0 Å². The van der Waals surface area contributed by atoms with Crippen LogP contribution in [0.5, 0.6) is 0 Å². The molecule has 1 atom stereocenters. The van der Waals surface area contributed by atoms with Crippen molar-refractivity contribution >= 4 is 5.91 Å². The Hall–Kier alpha value is -1.36. The van der Waals surface area contributed by atoms with E-state index in [0.29, 0.717) is 12.5 Å². The van der Waals surface area contributed by atoms with Gasteiger partial charge in [-0.25, -0.2) is 0 Å². The number of amides is 1. The Morgan fingerprint density at radius 1 is 1.37 bits per heavy atom. The highest BCUT2D eigenvalue weighted by Crippen LogP contribution is 2.13. The Morgan fingerprint density at radius 3 is 2.42 bits per heavy atom. The number of rotatable bonds is 6. The molecule has 5 heteroatoms. The number of nitrogens with zero attached hydrogens (tertiary/aromatic N) is 2. The van der Waals surface area contributed by atoms with Gasteiger partial charge in [0.25, 0.3) is 0 Å². The predicted molar refractivity (Wildman–Crippen MR) is 74.8 cm³/mol. The number of aromatic nitrogens is 1. The van der Waals surface area contributed by atoms with Crippen LogP contribution >= 0.6 is 0 Å². The third kappa shape index (κ3) is 4.35. The van der Waals surface area contributed by atoms with Crippen molar-refractivity contribution in [2.24, 2.45) is 5.92 Å². The molecule has 0 aliphatic heterocycles. The van der Waals surface area contributed by atoms with Crippen LogP contribution in [0.4, 0.5) is 0 Å². The molecule has 108 valence electrons. The minimum atomic E-state index is -0.163. The summed E-state index contributed by atoms with van der Waals surface area (Å²) >= 11 is 0. The van der Waals surface area contributed by atoms with Crippen LogP contribution in [0.2, 0.25) is 0 Å². The average Bonchev–Trinajstić information content (AvgIpc) is 2.63. The van der Waals surface area contributed by atoms with Crippen molar-refractivity contribution in [3.05, 3.63) is 17.0 Å². The molecule has 1 rings (SSSR count). The molecule has 0 saturated carbocycles. The standard InChI is InChI=1S/C14H25N3O2/c1-9(2)7-13(14(18)17(5)6)15-8-12-10(3)16-19-11(12)4/h9,13,15H,7-8H2,1-6H3. The van der Waals surface area contributed by atoms with Gasteiger partial charge >= 0.3 is 0 Å². The summed E-state index contributed by atoms with van der Waals surface area (Å²) in [6.45, 7) is 8.65. The quantitative estimate of drug-likeness (QED) is 0.855. The molecule has 0 saturated heterocycles. The van der Waals surface area contributed by atoms with E-state index < -0.39 is 0 Å². The van der Waals surface area contributed by atoms with E-state index in [1.54, 1.807) is 19.0 Å². The SMILES string of the molecule is Cc1noc(C)c1CNC(CC(C)C)C(=O)N(C)C. The van der Waals surface area contributed by atoms with Crippen LogP contribution in [0.1, 0.15) is 37.3 Å². The van der Waals surface area contributed by atoms with E-state index in [9.17, 15) is 4.79 Å². The number of nitrogens with one attached hydrogen (secondary N) is 1. The number of hydrogen-bond donors (Lipinski definition) is 1. The fourth-order valence-corrected chi connectivity index (χ4v) is 2.03. The lowest BCUT2D eigenvalue weighted by Gasteiger charge is -2.23. The van der Waals surface area contributed by atoms with Crippen molar-refractivity contribution < 1.29 is 9.32 Å². The maximum atomic E-state index is 12.1. The third-order valence-electron chi connectivity index (χ3n) is 3.15. The van der Waals surface area contributed by atoms with Gasteiger partial charge in [0.2, 0.25) is 5.91 Å². The molecule has 1 unspecified atom stereocenters. The van der Waals surface area contributed by atoms with Crippen molar-refractivity contribution in [2.45, 2.75) is 46.7 Å². The molecular weight excluding hydrogens is 242 g/mol. The van der Waals surface area contributed by atoms with Gasteiger partial charge in [0.15, 0.2) is 0 Å². The van der Waals surface area contributed by atoms with Gasteiger partial charge < -0.3 is 14.7 Å². The van der Waals surface area contributed by atoms with Gasteiger partial charge in [0, 0.05) is 26.2 Å². The van der Waals surface area contributed by atoms with Crippen molar-refractivity contribution in [3.63, 3.8) is 0 Å². The normalized spacial score (nSPS) is 12.8. The first-order chi connectivity index (χ1) is 8.82. The molecular formula is C14H25N3O2. The van der Waals surface area contributed by atoms with Crippen molar-refractivity contribution in [2.75, 3.05) is 14.1 Å². The molecule has 1 aromatic heterocycles. The molecule has 0 aliphatic carbocycles.